The lowest BCUT2D eigenvalue weighted by Crippen LogP contribution is -2.44. The second kappa shape index (κ2) is 6.19. The number of hydrogen-bond donors (Lipinski definition) is 0. The van der Waals surface area contributed by atoms with E-state index in [2.05, 4.69) is 0 Å². The molecule has 7 nitrogen and oxygen atoms in total. The maximum atomic E-state index is 11.9. The number of ether oxygens (including phenoxy) is 1. The Morgan fingerprint density at radius 1 is 1.32 bits per heavy atom. The lowest BCUT2D eigenvalue weighted by molar-refractivity contribution is -0.149. The van der Waals surface area contributed by atoms with E-state index in [1.165, 1.54) is 0 Å². The smallest absolute Gasteiger partial charge is 0.310 e. The fraction of sp³-hybridized carbons (Fsp3) is 0.900. The molecular weight excluding hydrogens is 294 g/mol. The summed E-state index contributed by atoms with van der Waals surface area (Å²) in [7, 11) is -7.51. The van der Waals surface area contributed by atoms with Gasteiger partial charge >= 0.3 is 5.97 Å². The Morgan fingerprint density at radius 2 is 1.95 bits per heavy atom. The number of nitrogens with zero attached hydrogens (tertiary/aromatic N) is 1. The van der Waals surface area contributed by atoms with Crippen molar-refractivity contribution in [2.24, 2.45) is 5.92 Å². The molecule has 0 aliphatic carbocycles. The minimum absolute atomic E-state index is 0.00329. The van der Waals surface area contributed by atoms with Crippen LogP contribution in [0.3, 0.4) is 0 Å². The lowest BCUT2D eigenvalue weighted by atomic mass is 10.0. The molecule has 0 aromatic rings. The number of rotatable bonds is 5. The van der Waals surface area contributed by atoms with Crippen molar-refractivity contribution in [1.29, 1.82) is 0 Å². The van der Waals surface area contributed by atoms with E-state index >= 15 is 0 Å². The van der Waals surface area contributed by atoms with Crippen LogP contribution in [0.25, 0.3) is 0 Å². The van der Waals surface area contributed by atoms with Crippen LogP contribution in [-0.4, -0.2) is 58.1 Å². The van der Waals surface area contributed by atoms with Crippen LogP contribution in [0.1, 0.15) is 19.8 Å². The van der Waals surface area contributed by atoms with E-state index in [9.17, 15) is 21.6 Å². The van der Waals surface area contributed by atoms with Gasteiger partial charge in [0.05, 0.1) is 12.5 Å². The predicted molar refractivity (Wildman–Crippen MR) is 69.6 cm³/mol. The average Bonchev–Trinajstić information content (AvgIpc) is 2.26. The van der Waals surface area contributed by atoms with Gasteiger partial charge in [-0.25, -0.2) is 21.1 Å². The monoisotopic (exact) mass is 313 g/mol. The standard InChI is InChI=1S/C10H19NO6S2/c1-3-17-10(12)9-5-4-6-11(7-9)19(15,16)8-18(2,13)14/h9H,3-8H2,1-2H3/t9-/m0/s1. The van der Waals surface area contributed by atoms with Gasteiger partial charge in [0.1, 0.15) is 0 Å². The van der Waals surface area contributed by atoms with Gasteiger partial charge in [-0.1, -0.05) is 0 Å². The van der Waals surface area contributed by atoms with Gasteiger partial charge in [0.2, 0.25) is 10.0 Å². The Hall–Kier alpha value is -0.670. The van der Waals surface area contributed by atoms with Crippen LogP contribution in [-0.2, 0) is 29.4 Å². The van der Waals surface area contributed by atoms with E-state index in [1.54, 1.807) is 6.92 Å². The van der Waals surface area contributed by atoms with Gasteiger partial charge in [-0.05, 0) is 19.8 Å². The van der Waals surface area contributed by atoms with Crippen molar-refractivity contribution in [2.45, 2.75) is 19.8 Å². The van der Waals surface area contributed by atoms with Gasteiger partial charge in [-0.2, -0.15) is 0 Å². The molecule has 1 saturated heterocycles. The normalized spacial score (nSPS) is 22.1. The van der Waals surface area contributed by atoms with Crippen molar-refractivity contribution in [1.82, 2.24) is 4.31 Å². The highest BCUT2D eigenvalue weighted by molar-refractivity contribution is 8.06. The lowest BCUT2D eigenvalue weighted by Gasteiger charge is -2.30. The van der Waals surface area contributed by atoms with Crippen LogP contribution in [0, 0.1) is 5.92 Å². The van der Waals surface area contributed by atoms with E-state index < -0.39 is 36.8 Å². The van der Waals surface area contributed by atoms with Crippen molar-refractivity contribution in [3.8, 4) is 0 Å². The van der Waals surface area contributed by atoms with Gasteiger partial charge in [0.15, 0.2) is 14.9 Å². The van der Waals surface area contributed by atoms with Gasteiger partial charge in [0.25, 0.3) is 0 Å². The van der Waals surface area contributed by atoms with E-state index in [4.69, 9.17) is 4.74 Å². The maximum Gasteiger partial charge on any atom is 0.310 e. The first-order valence-electron chi connectivity index (χ1n) is 5.98. The molecular formula is C10H19NO6S2. The van der Waals surface area contributed by atoms with E-state index in [1.807, 2.05) is 0 Å². The Balaban J connectivity index is 2.77. The van der Waals surface area contributed by atoms with Crippen LogP contribution in [0.5, 0.6) is 0 Å². The minimum Gasteiger partial charge on any atom is -0.466 e. The molecule has 0 spiro atoms. The molecule has 9 heteroatoms. The van der Waals surface area contributed by atoms with Crippen molar-refractivity contribution in [2.75, 3.05) is 31.0 Å². The Bertz CT molecular complexity index is 524. The van der Waals surface area contributed by atoms with E-state index in [0.717, 1.165) is 10.6 Å². The molecule has 1 rings (SSSR count). The average molecular weight is 313 g/mol. The number of piperidine rings is 1. The topological polar surface area (TPSA) is 97.8 Å². The molecule has 0 aromatic heterocycles. The summed E-state index contributed by atoms with van der Waals surface area (Å²) in [6.45, 7) is 2.16. The number of carbonyl (C=O) groups is 1. The van der Waals surface area contributed by atoms with Crippen molar-refractivity contribution >= 4 is 25.8 Å². The predicted octanol–water partition coefficient (Wildman–Crippen LogP) is -0.407. The van der Waals surface area contributed by atoms with Crippen molar-refractivity contribution in [3.05, 3.63) is 0 Å². The van der Waals surface area contributed by atoms with Crippen LogP contribution >= 0.6 is 0 Å². The molecule has 112 valence electrons. The largest absolute Gasteiger partial charge is 0.466 e. The maximum absolute atomic E-state index is 11.9. The first-order chi connectivity index (χ1) is 8.65. The quantitative estimate of drug-likeness (QED) is 0.640. The second-order valence-corrected chi connectivity index (χ2v) is 9.08. The van der Waals surface area contributed by atoms with Gasteiger partial charge in [-0.3, -0.25) is 4.79 Å². The highest BCUT2D eigenvalue weighted by Gasteiger charge is 2.34. The van der Waals surface area contributed by atoms with Crippen LogP contribution in [0.2, 0.25) is 0 Å². The summed E-state index contributed by atoms with van der Waals surface area (Å²) >= 11 is 0. The molecule has 0 N–H and O–H groups in total. The van der Waals surface area contributed by atoms with Crippen molar-refractivity contribution < 1.29 is 26.4 Å². The van der Waals surface area contributed by atoms with Crippen LogP contribution in [0.4, 0.5) is 0 Å². The van der Waals surface area contributed by atoms with E-state index in [0.29, 0.717) is 12.8 Å². The number of sulfone groups is 1. The molecule has 1 aliphatic heterocycles. The zero-order valence-corrected chi connectivity index (χ0v) is 12.7. The summed E-state index contributed by atoms with van der Waals surface area (Å²) in [4.78, 5) is 11.6. The number of hydrogen-bond acceptors (Lipinski definition) is 6. The third-order valence-electron chi connectivity index (χ3n) is 2.76. The SMILES string of the molecule is CCOC(=O)[C@H]1CCCN(S(=O)(=O)CS(C)(=O)=O)C1. The highest BCUT2D eigenvalue weighted by atomic mass is 32.3. The minimum atomic E-state index is -3.88. The number of esters is 1. The molecule has 0 saturated carbocycles. The first kappa shape index (κ1) is 16.4. The summed E-state index contributed by atoms with van der Waals surface area (Å²) in [5.74, 6) is -0.940. The molecule has 0 bridgehead atoms. The van der Waals surface area contributed by atoms with Crippen LogP contribution < -0.4 is 0 Å². The molecule has 0 aromatic carbocycles. The molecule has 1 heterocycles. The zero-order chi connectivity index (χ0) is 14.7. The van der Waals surface area contributed by atoms with Crippen molar-refractivity contribution in [3.63, 3.8) is 0 Å². The summed E-state index contributed by atoms with van der Waals surface area (Å²) in [6.07, 6.45) is 1.95. The molecule has 1 atom stereocenters. The molecule has 1 fully saturated rings. The summed E-state index contributed by atoms with van der Waals surface area (Å²) < 4.78 is 52.0. The molecule has 1 aliphatic rings. The Kier molecular flexibility index (Phi) is 5.34. The third-order valence-corrected chi connectivity index (χ3v) is 6.78. The first-order valence-corrected chi connectivity index (χ1v) is 9.65. The third kappa shape index (κ3) is 5.07. The van der Waals surface area contributed by atoms with Gasteiger partial charge < -0.3 is 4.74 Å². The van der Waals surface area contributed by atoms with Gasteiger partial charge in [0, 0.05) is 19.3 Å². The number of sulfonamides is 1. The van der Waals surface area contributed by atoms with E-state index in [-0.39, 0.29) is 19.7 Å². The molecule has 0 unspecified atom stereocenters. The summed E-state index contributed by atoms with van der Waals surface area (Å²) in [5, 5.41) is -0.921. The Labute approximate surface area is 113 Å². The highest BCUT2D eigenvalue weighted by Crippen LogP contribution is 2.21. The Morgan fingerprint density at radius 3 is 2.47 bits per heavy atom. The molecule has 0 radical (unpaired) electrons. The van der Waals surface area contributed by atoms with Gasteiger partial charge in [-0.15, -0.1) is 0 Å². The fourth-order valence-electron chi connectivity index (χ4n) is 1.99. The fourth-order valence-corrected chi connectivity index (χ4v) is 5.57. The summed E-state index contributed by atoms with van der Waals surface area (Å²) in [6, 6.07) is 0. The summed E-state index contributed by atoms with van der Waals surface area (Å²) in [5.41, 5.74) is 0. The zero-order valence-electron chi connectivity index (χ0n) is 11.0. The molecule has 0 amide bonds. The molecule has 19 heavy (non-hydrogen) atoms. The second-order valence-electron chi connectivity index (χ2n) is 4.60. The van der Waals surface area contributed by atoms with Crippen LogP contribution in [0.15, 0.2) is 0 Å². The number of carbonyl (C=O) groups excluding carboxylic acids is 1.